The summed E-state index contributed by atoms with van der Waals surface area (Å²) < 4.78 is 6.22. The summed E-state index contributed by atoms with van der Waals surface area (Å²) in [6, 6.07) is 1.49. The maximum Gasteiger partial charge on any atom is 0.411 e. The average Bonchev–Trinajstić information content (AvgIpc) is 2.61. The Hall–Kier alpha value is -1.89. The highest BCUT2D eigenvalue weighted by Crippen LogP contribution is 2.19. The average molecular weight is 256 g/mol. The van der Waals surface area contributed by atoms with E-state index in [4.69, 9.17) is 16.3 Å². The molecule has 0 aliphatic rings. The summed E-state index contributed by atoms with van der Waals surface area (Å²) in [6.07, 6.45) is -0.572. The standard InChI is InChI=1S/C9H10ClN5O2/c1-3-17-9(16)11-6-4-7(10)14-15-5(2)12-13-8(6)15/h4H,3H2,1-2H3,(H,11,16). The van der Waals surface area contributed by atoms with Crippen LogP contribution >= 0.6 is 11.6 Å². The van der Waals surface area contributed by atoms with Crippen molar-refractivity contribution < 1.29 is 9.53 Å². The molecule has 8 heteroatoms. The number of nitrogens with zero attached hydrogens (tertiary/aromatic N) is 4. The highest BCUT2D eigenvalue weighted by molar-refractivity contribution is 6.29. The normalized spacial score (nSPS) is 10.5. The van der Waals surface area contributed by atoms with Gasteiger partial charge in [0, 0.05) is 6.07 Å². The molecule has 0 radical (unpaired) electrons. The fourth-order valence-electron chi connectivity index (χ4n) is 1.32. The van der Waals surface area contributed by atoms with Crippen LogP contribution in [0.25, 0.3) is 5.65 Å². The van der Waals surface area contributed by atoms with Crippen LogP contribution in [0.4, 0.5) is 10.5 Å². The largest absolute Gasteiger partial charge is 0.450 e. The lowest BCUT2D eigenvalue weighted by Gasteiger charge is -2.06. The highest BCUT2D eigenvalue weighted by Gasteiger charge is 2.12. The number of carbonyl (C=O) groups is 1. The van der Waals surface area contributed by atoms with E-state index in [1.807, 2.05) is 0 Å². The second kappa shape index (κ2) is 4.54. The highest BCUT2D eigenvalue weighted by atomic mass is 35.5. The quantitative estimate of drug-likeness (QED) is 0.882. The predicted molar refractivity (Wildman–Crippen MR) is 61.2 cm³/mol. The Kier molecular flexibility index (Phi) is 3.10. The number of fused-ring (bicyclic) bond motifs is 1. The second-order valence-electron chi connectivity index (χ2n) is 3.21. The van der Waals surface area contributed by atoms with Crippen molar-refractivity contribution >= 4 is 29.0 Å². The molecule has 7 nitrogen and oxygen atoms in total. The molecular formula is C9H10ClN5O2. The summed E-state index contributed by atoms with van der Waals surface area (Å²) in [6.45, 7) is 3.74. The number of halogens is 1. The SMILES string of the molecule is CCOC(=O)Nc1cc(Cl)nn2c(C)nnc12. The number of aromatic nitrogens is 4. The second-order valence-corrected chi connectivity index (χ2v) is 3.60. The van der Waals surface area contributed by atoms with Crippen LogP contribution < -0.4 is 5.32 Å². The molecular weight excluding hydrogens is 246 g/mol. The lowest BCUT2D eigenvalue weighted by atomic mass is 10.4. The molecule has 0 saturated carbocycles. The van der Waals surface area contributed by atoms with E-state index in [9.17, 15) is 4.79 Å². The fraction of sp³-hybridized carbons (Fsp3) is 0.333. The van der Waals surface area contributed by atoms with Gasteiger partial charge in [-0.2, -0.15) is 9.61 Å². The van der Waals surface area contributed by atoms with E-state index in [2.05, 4.69) is 20.6 Å². The summed E-state index contributed by atoms with van der Waals surface area (Å²) in [7, 11) is 0. The third-order valence-corrected chi connectivity index (χ3v) is 2.19. The number of amides is 1. The number of ether oxygens (including phenoxy) is 1. The molecule has 90 valence electrons. The Morgan fingerprint density at radius 1 is 1.59 bits per heavy atom. The zero-order valence-electron chi connectivity index (χ0n) is 9.27. The van der Waals surface area contributed by atoms with Gasteiger partial charge < -0.3 is 4.74 Å². The van der Waals surface area contributed by atoms with Gasteiger partial charge in [-0.05, 0) is 13.8 Å². The van der Waals surface area contributed by atoms with E-state index in [0.717, 1.165) is 0 Å². The third kappa shape index (κ3) is 2.28. The van der Waals surface area contributed by atoms with Crippen LogP contribution in [-0.2, 0) is 4.74 Å². The van der Waals surface area contributed by atoms with E-state index in [1.165, 1.54) is 10.6 Å². The van der Waals surface area contributed by atoms with Gasteiger partial charge in [-0.25, -0.2) is 4.79 Å². The first kappa shape index (κ1) is 11.6. The van der Waals surface area contributed by atoms with E-state index in [0.29, 0.717) is 17.2 Å². The minimum absolute atomic E-state index is 0.229. The molecule has 0 saturated heterocycles. The molecule has 0 aliphatic carbocycles. The molecule has 0 aliphatic heterocycles. The Bertz CT molecular complexity index is 568. The van der Waals surface area contributed by atoms with Crippen molar-refractivity contribution in [2.75, 3.05) is 11.9 Å². The van der Waals surface area contributed by atoms with Crippen LogP contribution in [-0.4, -0.2) is 32.5 Å². The molecule has 1 amide bonds. The van der Waals surface area contributed by atoms with Gasteiger partial charge in [-0.1, -0.05) is 11.6 Å². The van der Waals surface area contributed by atoms with Crippen molar-refractivity contribution in [1.82, 2.24) is 19.8 Å². The molecule has 17 heavy (non-hydrogen) atoms. The van der Waals surface area contributed by atoms with Crippen molar-refractivity contribution in [3.63, 3.8) is 0 Å². The Balaban J connectivity index is 2.42. The van der Waals surface area contributed by atoms with E-state index in [-0.39, 0.29) is 11.8 Å². The minimum atomic E-state index is -0.572. The van der Waals surface area contributed by atoms with Crippen molar-refractivity contribution in [1.29, 1.82) is 0 Å². The molecule has 0 fully saturated rings. The summed E-state index contributed by atoms with van der Waals surface area (Å²) in [5, 5.41) is 14.5. The maximum atomic E-state index is 11.3. The van der Waals surface area contributed by atoms with Crippen molar-refractivity contribution in [3.05, 3.63) is 17.0 Å². The smallest absolute Gasteiger partial charge is 0.411 e. The van der Waals surface area contributed by atoms with Crippen LogP contribution in [0.2, 0.25) is 5.15 Å². The number of aryl methyl sites for hydroxylation is 1. The van der Waals surface area contributed by atoms with Gasteiger partial charge in [0.2, 0.25) is 5.65 Å². The fourth-order valence-corrected chi connectivity index (χ4v) is 1.51. The Morgan fingerprint density at radius 2 is 2.35 bits per heavy atom. The summed E-state index contributed by atoms with van der Waals surface area (Å²) in [4.78, 5) is 11.3. The molecule has 2 aromatic rings. The number of nitrogens with one attached hydrogen (secondary N) is 1. The van der Waals surface area contributed by atoms with Gasteiger partial charge in [0.1, 0.15) is 0 Å². The lowest BCUT2D eigenvalue weighted by Crippen LogP contribution is -2.14. The number of hydrogen-bond acceptors (Lipinski definition) is 5. The van der Waals surface area contributed by atoms with Gasteiger partial charge in [0.15, 0.2) is 11.0 Å². The molecule has 0 bridgehead atoms. The molecule has 0 aromatic carbocycles. The number of anilines is 1. The zero-order chi connectivity index (χ0) is 12.4. The monoisotopic (exact) mass is 255 g/mol. The third-order valence-electron chi connectivity index (χ3n) is 2.01. The molecule has 0 atom stereocenters. The summed E-state index contributed by atoms with van der Waals surface area (Å²) in [5.74, 6) is 0.578. The molecule has 1 N–H and O–H groups in total. The van der Waals surface area contributed by atoms with E-state index < -0.39 is 6.09 Å². The van der Waals surface area contributed by atoms with Gasteiger partial charge in [0.05, 0.1) is 12.3 Å². The van der Waals surface area contributed by atoms with E-state index in [1.54, 1.807) is 13.8 Å². The van der Waals surface area contributed by atoms with Gasteiger partial charge in [-0.3, -0.25) is 5.32 Å². The van der Waals surface area contributed by atoms with Crippen LogP contribution in [0, 0.1) is 6.92 Å². The lowest BCUT2D eigenvalue weighted by molar-refractivity contribution is 0.168. The van der Waals surface area contributed by atoms with Crippen LogP contribution in [0.3, 0.4) is 0 Å². The van der Waals surface area contributed by atoms with Crippen LogP contribution in [0.15, 0.2) is 6.07 Å². The van der Waals surface area contributed by atoms with Crippen molar-refractivity contribution in [2.24, 2.45) is 0 Å². The van der Waals surface area contributed by atoms with E-state index >= 15 is 0 Å². The molecule has 2 aromatic heterocycles. The molecule has 0 unspecified atom stereocenters. The maximum absolute atomic E-state index is 11.3. The van der Waals surface area contributed by atoms with Gasteiger partial charge in [0.25, 0.3) is 0 Å². The topological polar surface area (TPSA) is 81.4 Å². The predicted octanol–water partition coefficient (Wildman–Crippen LogP) is 1.65. The first-order valence-electron chi connectivity index (χ1n) is 4.94. The molecule has 0 spiro atoms. The number of hydrogen-bond donors (Lipinski definition) is 1. The summed E-state index contributed by atoms with van der Waals surface area (Å²) in [5.41, 5.74) is 0.823. The van der Waals surface area contributed by atoms with Gasteiger partial charge in [-0.15, -0.1) is 10.2 Å². The summed E-state index contributed by atoms with van der Waals surface area (Å²) >= 11 is 5.83. The van der Waals surface area contributed by atoms with Crippen molar-refractivity contribution in [3.8, 4) is 0 Å². The number of rotatable bonds is 2. The number of carbonyl (C=O) groups excluding carboxylic acids is 1. The Labute approximate surface area is 102 Å². The minimum Gasteiger partial charge on any atom is -0.450 e. The first-order chi connectivity index (χ1) is 8.11. The Morgan fingerprint density at radius 3 is 3.06 bits per heavy atom. The van der Waals surface area contributed by atoms with Crippen LogP contribution in [0.5, 0.6) is 0 Å². The van der Waals surface area contributed by atoms with Crippen LogP contribution in [0.1, 0.15) is 12.7 Å². The first-order valence-corrected chi connectivity index (χ1v) is 5.32. The van der Waals surface area contributed by atoms with Gasteiger partial charge >= 0.3 is 6.09 Å². The molecule has 2 heterocycles. The zero-order valence-corrected chi connectivity index (χ0v) is 10.0. The molecule has 2 rings (SSSR count). The van der Waals surface area contributed by atoms with Crippen molar-refractivity contribution in [2.45, 2.75) is 13.8 Å².